The van der Waals surface area contributed by atoms with E-state index >= 15 is 0 Å². The highest BCUT2D eigenvalue weighted by Crippen LogP contribution is 2.29. The third-order valence-electron chi connectivity index (χ3n) is 3.60. The van der Waals surface area contributed by atoms with Crippen molar-refractivity contribution in [3.05, 3.63) is 89.5 Å². The summed E-state index contributed by atoms with van der Waals surface area (Å²) in [4.78, 5) is 0. The Bertz CT molecular complexity index is 878. The SMILES string of the molecule is C#Cc1cc(F)cc(F)c1-c1ccc(OCc2ccccc2)cc1. The van der Waals surface area contributed by atoms with Gasteiger partial charge in [-0.3, -0.25) is 0 Å². The summed E-state index contributed by atoms with van der Waals surface area (Å²) in [6.45, 7) is 0.445. The fourth-order valence-corrected chi connectivity index (χ4v) is 2.44. The van der Waals surface area contributed by atoms with Crippen LogP contribution in [-0.2, 0) is 6.61 Å². The van der Waals surface area contributed by atoms with Crippen molar-refractivity contribution in [1.82, 2.24) is 0 Å². The second kappa shape index (κ2) is 6.97. The quantitative estimate of drug-likeness (QED) is 0.601. The van der Waals surface area contributed by atoms with Gasteiger partial charge in [-0.05, 0) is 29.3 Å². The van der Waals surface area contributed by atoms with Gasteiger partial charge in [-0.2, -0.15) is 0 Å². The highest BCUT2D eigenvalue weighted by molar-refractivity contribution is 5.72. The first kappa shape index (κ1) is 15.8. The lowest BCUT2D eigenvalue weighted by Crippen LogP contribution is -1.95. The van der Waals surface area contributed by atoms with Crippen molar-refractivity contribution < 1.29 is 13.5 Å². The van der Waals surface area contributed by atoms with Gasteiger partial charge in [0.05, 0.1) is 0 Å². The number of rotatable bonds is 4. The molecule has 0 heterocycles. The zero-order valence-corrected chi connectivity index (χ0v) is 12.8. The van der Waals surface area contributed by atoms with Crippen LogP contribution in [-0.4, -0.2) is 0 Å². The number of benzene rings is 3. The Labute approximate surface area is 139 Å². The molecule has 0 aliphatic carbocycles. The Balaban J connectivity index is 1.82. The van der Waals surface area contributed by atoms with Gasteiger partial charge in [0.25, 0.3) is 0 Å². The molecule has 3 rings (SSSR count). The van der Waals surface area contributed by atoms with Gasteiger partial charge in [-0.1, -0.05) is 48.4 Å². The third-order valence-corrected chi connectivity index (χ3v) is 3.60. The molecule has 0 aromatic heterocycles. The Morgan fingerprint density at radius 1 is 0.917 bits per heavy atom. The maximum absolute atomic E-state index is 14.1. The highest BCUT2D eigenvalue weighted by atomic mass is 19.1. The van der Waals surface area contributed by atoms with Crippen LogP contribution in [0, 0.1) is 24.0 Å². The van der Waals surface area contributed by atoms with Gasteiger partial charge < -0.3 is 4.74 Å². The molecule has 3 heteroatoms. The van der Waals surface area contributed by atoms with E-state index in [1.54, 1.807) is 24.3 Å². The summed E-state index contributed by atoms with van der Waals surface area (Å²) in [5.41, 5.74) is 2.03. The molecule has 118 valence electrons. The predicted molar refractivity (Wildman–Crippen MR) is 90.5 cm³/mol. The Morgan fingerprint density at radius 2 is 1.62 bits per heavy atom. The van der Waals surface area contributed by atoms with E-state index in [9.17, 15) is 8.78 Å². The van der Waals surface area contributed by atoms with E-state index in [1.807, 2.05) is 30.3 Å². The lowest BCUT2D eigenvalue weighted by atomic mass is 9.99. The summed E-state index contributed by atoms with van der Waals surface area (Å²) in [7, 11) is 0. The van der Waals surface area contributed by atoms with Crippen LogP contribution in [0.4, 0.5) is 8.78 Å². The molecule has 0 atom stereocenters. The summed E-state index contributed by atoms with van der Waals surface area (Å²) < 4.78 is 33.1. The second-order valence-electron chi connectivity index (χ2n) is 5.25. The van der Waals surface area contributed by atoms with Crippen LogP contribution in [0.1, 0.15) is 11.1 Å². The molecule has 0 aliphatic heterocycles. The van der Waals surface area contributed by atoms with Crippen LogP contribution in [0.5, 0.6) is 5.75 Å². The Morgan fingerprint density at radius 3 is 2.29 bits per heavy atom. The number of ether oxygens (including phenoxy) is 1. The molecular weight excluding hydrogens is 306 g/mol. The van der Waals surface area contributed by atoms with E-state index in [4.69, 9.17) is 11.2 Å². The first-order valence-corrected chi connectivity index (χ1v) is 7.40. The lowest BCUT2D eigenvalue weighted by Gasteiger charge is -2.10. The van der Waals surface area contributed by atoms with Crippen LogP contribution in [0.3, 0.4) is 0 Å². The predicted octanol–water partition coefficient (Wildman–Crippen LogP) is 5.19. The summed E-state index contributed by atoms with van der Waals surface area (Å²) in [6, 6.07) is 18.6. The first-order valence-electron chi connectivity index (χ1n) is 7.40. The van der Waals surface area contributed by atoms with Crippen LogP contribution in [0.15, 0.2) is 66.7 Å². The smallest absolute Gasteiger partial charge is 0.135 e. The summed E-state index contributed by atoms with van der Waals surface area (Å²) in [5, 5.41) is 0. The number of halogens is 2. The van der Waals surface area contributed by atoms with Gasteiger partial charge in [-0.25, -0.2) is 8.78 Å². The van der Waals surface area contributed by atoms with Gasteiger partial charge in [0.1, 0.15) is 24.0 Å². The summed E-state index contributed by atoms with van der Waals surface area (Å²) in [5.74, 6) is 1.62. The monoisotopic (exact) mass is 320 g/mol. The van der Waals surface area contributed by atoms with Crippen molar-refractivity contribution in [3.63, 3.8) is 0 Å². The van der Waals surface area contributed by atoms with Gasteiger partial charge in [0, 0.05) is 17.2 Å². The van der Waals surface area contributed by atoms with E-state index in [2.05, 4.69) is 5.92 Å². The maximum atomic E-state index is 14.1. The minimum atomic E-state index is -0.688. The fourth-order valence-electron chi connectivity index (χ4n) is 2.44. The molecule has 0 aliphatic rings. The standard InChI is InChI=1S/C21H14F2O/c1-2-16-12-18(22)13-20(23)21(16)17-8-10-19(11-9-17)24-14-15-6-4-3-5-7-15/h1,3-13H,14H2. The number of hydrogen-bond acceptors (Lipinski definition) is 1. The molecule has 0 spiro atoms. The number of hydrogen-bond donors (Lipinski definition) is 0. The largest absolute Gasteiger partial charge is 0.489 e. The molecule has 0 saturated heterocycles. The molecule has 0 unspecified atom stereocenters. The molecule has 0 saturated carbocycles. The minimum absolute atomic E-state index is 0.186. The molecule has 0 radical (unpaired) electrons. The molecule has 0 fully saturated rings. The zero-order chi connectivity index (χ0) is 16.9. The summed E-state index contributed by atoms with van der Waals surface area (Å²) >= 11 is 0. The van der Waals surface area contributed by atoms with Crippen molar-refractivity contribution in [1.29, 1.82) is 0 Å². The number of terminal acetylenes is 1. The molecule has 0 bridgehead atoms. The minimum Gasteiger partial charge on any atom is -0.489 e. The highest BCUT2D eigenvalue weighted by Gasteiger charge is 2.12. The third kappa shape index (κ3) is 3.44. The van der Waals surface area contributed by atoms with Crippen molar-refractivity contribution >= 4 is 0 Å². The van der Waals surface area contributed by atoms with Crippen molar-refractivity contribution in [2.24, 2.45) is 0 Å². The van der Waals surface area contributed by atoms with E-state index in [1.165, 1.54) is 0 Å². The van der Waals surface area contributed by atoms with Gasteiger partial charge in [0.2, 0.25) is 0 Å². The van der Waals surface area contributed by atoms with Crippen LogP contribution >= 0.6 is 0 Å². The van der Waals surface area contributed by atoms with Crippen LogP contribution < -0.4 is 4.74 Å². The van der Waals surface area contributed by atoms with E-state index in [-0.39, 0.29) is 11.1 Å². The zero-order valence-electron chi connectivity index (χ0n) is 12.8. The molecule has 0 N–H and O–H groups in total. The topological polar surface area (TPSA) is 9.23 Å². The lowest BCUT2D eigenvalue weighted by molar-refractivity contribution is 0.306. The molecule has 1 nitrogen and oxygen atoms in total. The van der Waals surface area contributed by atoms with Gasteiger partial charge >= 0.3 is 0 Å². The average Bonchev–Trinajstić information content (AvgIpc) is 2.61. The molecular formula is C21H14F2O. The van der Waals surface area contributed by atoms with Crippen LogP contribution in [0.2, 0.25) is 0 Å². The molecule has 3 aromatic carbocycles. The van der Waals surface area contributed by atoms with Crippen LogP contribution in [0.25, 0.3) is 11.1 Å². The Kier molecular flexibility index (Phi) is 4.58. The fraction of sp³-hybridized carbons (Fsp3) is 0.0476. The second-order valence-corrected chi connectivity index (χ2v) is 5.25. The van der Waals surface area contributed by atoms with Crippen molar-refractivity contribution in [3.8, 4) is 29.2 Å². The van der Waals surface area contributed by atoms with Gasteiger partial charge in [0.15, 0.2) is 0 Å². The first-order chi connectivity index (χ1) is 11.7. The molecule has 24 heavy (non-hydrogen) atoms. The van der Waals surface area contributed by atoms with E-state index in [0.29, 0.717) is 17.9 Å². The van der Waals surface area contributed by atoms with E-state index < -0.39 is 11.6 Å². The summed E-state index contributed by atoms with van der Waals surface area (Å²) in [6.07, 6.45) is 5.36. The maximum Gasteiger partial charge on any atom is 0.135 e. The normalized spacial score (nSPS) is 10.2. The molecule has 0 amide bonds. The van der Waals surface area contributed by atoms with Crippen molar-refractivity contribution in [2.75, 3.05) is 0 Å². The molecule has 3 aromatic rings. The average molecular weight is 320 g/mol. The van der Waals surface area contributed by atoms with E-state index in [0.717, 1.165) is 17.7 Å². The Hall–Kier alpha value is -3.12. The van der Waals surface area contributed by atoms with Crippen molar-refractivity contribution in [2.45, 2.75) is 6.61 Å². The van der Waals surface area contributed by atoms with Gasteiger partial charge in [-0.15, -0.1) is 6.42 Å².